The van der Waals surface area contributed by atoms with Crippen molar-refractivity contribution in [1.29, 1.82) is 0 Å². The molecule has 0 bridgehead atoms. The number of β-lactam (4-membered cyclic amide) rings is 1. The molecule has 0 saturated carbocycles. The van der Waals surface area contributed by atoms with Gasteiger partial charge < -0.3 is 15.1 Å². The van der Waals surface area contributed by atoms with Gasteiger partial charge in [0.1, 0.15) is 6.54 Å². The lowest BCUT2D eigenvalue weighted by molar-refractivity contribution is -0.173. The number of hydrogen-bond acceptors (Lipinski definition) is 5. The van der Waals surface area contributed by atoms with Gasteiger partial charge in [0.2, 0.25) is 5.91 Å². The van der Waals surface area contributed by atoms with Crippen molar-refractivity contribution in [2.75, 3.05) is 6.54 Å². The van der Waals surface area contributed by atoms with E-state index < -0.39 is 42.4 Å². The van der Waals surface area contributed by atoms with Crippen molar-refractivity contribution in [2.24, 2.45) is 11.8 Å². The monoisotopic (exact) mass is 337 g/mol. The molecule has 1 aliphatic rings. The number of aliphatic hydroxyl groups is 1. The summed E-state index contributed by atoms with van der Waals surface area (Å²) in [7, 11) is 0. The Morgan fingerprint density at radius 1 is 1.26 bits per heavy atom. The van der Waals surface area contributed by atoms with Gasteiger partial charge in [0, 0.05) is 10.8 Å². The van der Waals surface area contributed by atoms with Gasteiger partial charge in [-0.3, -0.25) is 14.4 Å². The zero-order valence-corrected chi connectivity index (χ0v) is 13.7. The summed E-state index contributed by atoms with van der Waals surface area (Å²) in [5.74, 6) is -2.86. The third-order valence-electron chi connectivity index (χ3n) is 3.97. The summed E-state index contributed by atoms with van der Waals surface area (Å²) in [4.78, 5) is 37.3. The van der Waals surface area contributed by atoms with E-state index in [2.05, 4.69) is 0 Å². The lowest BCUT2D eigenvalue weighted by atomic mass is 9.77. The Kier molecular flexibility index (Phi) is 5.43. The van der Waals surface area contributed by atoms with Crippen molar-refractivity contribution in [2.45, 2.75) is 30.9 Å². The predicted molar refractivity (Wildman–Crippen MR) is 84.8 cm³/mol. The number of likely N-dealkylation sites (tertiary alicyclic amines) is 1. The quantitative estimate of drug-likeness (QED) is 0.599. The van der Waals surface area contributed by atoms with Crippen molar-refractivity contribution in [3.8, 4) is 0 Å². The van der Waals surface area contributed by atoms with Crippen LogP contribution in [0.3, 0.4) is 0 Å². The summed E-state index contributed by atoms with van der Waals surface area (Å²) in [5, 5.41) is 18.5. The summed E-state index contributed by atoms with van der Waals surface area (Å²) in [6.45, 7) is 2.69. The van der Waals surface area contributed by atoms with Gasteiger partial charge >= 0.3 is 5.97 Å². The number of rotatable bonds is 6. The minimum atomic E-state index is -1.14. The molecule has 0 spiro atoms. The third-order valence-corrected chi connectivity index (χ3v) is 5.05. The predicted octanol–water partition coefficient (Wildman–Crippen LogP) is 1.23. The largest absolute Gasteiger partial charge is 0.480 e. The first-order valence-electron chi connectivity index (χ1n) is 7.30. The Morgan fingerprint density at radius 3 is 2.39 bits per heavy atom. The fourth-order valence-corrected chi connectivity index (χ4v) is 3.69. The molecule has 6 nitrogen and oxygen atoms in total. The third kappa shape index (κ3) is 3.73. The molecule has 23 heavy (non-hydrogen) atoms. The molecule has 2 rings (SSSR count). The van der Waals surface area contributed by atoms with Crippen LogP contribution in [0.5, 0.6) is 0 Å². The number of aliphatic hydroxyl groups excluding tert-OH is 1. The lowest BCUT2D eigenvalue weighted by Crippen LogP contribution is -2.68. The molecule has 1 heterocycles. The van der Waals surface area contributed by atoms with Crippen LogP contribution < -0.4 is 0 Å². The highest BCUT2D eigenvalue weighted by atomic mass is 32.2. The number of carbonyl (C=O) groups is 3. The van der Waals surface area contributed by atoms with E-state index in [4.69, 9.17) is 5.11 Å². The normalized spacial score (nSPS) is 23.1. The van der Waals surface area contributed by atoms with Crippen LogP contribution in [-0.2, 0) is 14.4 Å². The average Bonchev–Trinajstić information content (AvgIpc) is 2.49. The van der Waals surface area contributed by atoms with Gasteiger partial charge in [0.15, 0.2) is 5.12 Å². The Balaban J connectivity index is 2.13. The molecule has 124 valence electrons. The number of hydrogen-bond donors (Lipinski definition) is 2. The van der Waals surface area contributed by atoms with Gasteiger partial charge in [-0.15, -0.1) is 0 Å². The van der Waals surface area contributed by atoms with Gasteiger partial charge in [-0.2, -0.15) is 0 Å². The minimum Gasteiger partial charge on any atom is -0.480 e. The van der Waals surface area contributed by atoms with E-state index in [-0.39, 0.29) is 5.12 Å². The summed E-state index contributed by atoms with van der Waals surface area (Å²) >= 11 is 1.06. The van der Waals surface area contributed by atoms with Gasteiger partial charge in [-0.25, -0.2) is 0 Å². The van der Waals surface area contributed by atoms with Crippen LogP contribution in [0, 0.1) is 11.8 Å². The summed E-state index contributed by atoms with van der Waals surface area (Å²) in [6, 6.07) is 8.51. The first-order chi connectivity index (χ1) is 10.8. The Hall–Kier alpha value is -1.86. The Bertz CT molecular complexity index is 604. The zero-order valence-electron chi connectivity index (χ0n) is 12.9. The molecule has 0 aliphatic carbocycles. The van der Waals surface area contributed by atoms with Crippen molar-refractivity contribution < 1.29 is 24.6 Å². The first kappa shape index (κ1) is 17.5. The van der Waals surface area contributed by atoms with Crippen molar-refractivity contribution in [3.63, 3.8) is 0 Å². The van der Waals surface area contributed by atoms with Crippen LogP contribution in [0.2, 0.25) is 0 Å². The number of carboxylic acid groups (broad SMARTS) is 1. The highest BCUT2D eigenvalue weighted by Crippen LogP contribution is 2.37. The first-order valence-corrected chi connectivity index (χ1v) is 8.11. The summed E-state index contributed by atoms with van der Waals surface area (Å²) in [6.07, 6.45) is -0.922. The van der Waals surface area contributed by atoms with E-state index >= 15 is 0 Å². The fourth-order valence-electron chi connectivity index (χ4n) is 2.83. The average molecular weight is 337 g/mol. The van der Waals surface area contributed by atoms with Crippen LogP contribution in [0.15, 0.2) is 35.2 Å². The number of carboxylic acids is 1. The molecule has 4 atom stereocenters. The molecule has 1 aliphatic heterocycles. The molecule has 2 N–H and O–H groups in total. The molecule has 1 aromatic rings. The fraction of sp³-hybridized carbons (Fsp3) is 0.438. The number of carbonyl (C=O) groups excluding carboxylic acids is 2. The maximum atomic E-state index is 12.4. The molecule has 2 unspecified atom stereocenters. The standard InChI is InChI=1S/C16H19NO5S/c1-9(16(22)23-11-6-4-3-5-7-11)14-13(10(2)18)15(21)17(14)8-12(19)20/h3-7,9-10,13-14,18H,8H2,1-2H3,(H,19,20)/t9?,10-,13?,14-/m1/s1. The topological polar surface area (TPSA) is 94.9 Å². The molecule has 7 heteroatoms. The Morgan fingerprint density at radius 2 is 1.87 bits per heavy atom. The molecule has 0 aromatic heterocycles. The van der Waals surface area contributed by atoms with Crippen LogP contribution in [0.1, 0.15) is 13.8 Å². The van der Waals surface area contributed by atoms with Crippen LogP contribution in [0.25, 0.3) is 0 Å². The smallest absolute Gasteiger partial charge is 0.323 e. The van der Waals surface area contributed by atoms with Crippen molar-refractivity contribution in [3.05, 3.63) is 30.3 Å². The number of nitrogens with zero attached hydrogens (tertiary/aromatic N) is 1. The maximum absolute atomic E-state index is 12.4. The zero-order chi connectivity index (χ0) is 17.1. The second kappa shape index (κ2) is 7.14. The van der Waals surface area contributed by atoms with E-state index in [1.807, 2.05) is 30.3 Å². The van der Waals surface area contributed by atoms with Gasteiger partial charge in [0.25, 0.3) is 0 Å². The summed E-state index contributed by atoms with van der Waals surface area (Å²) in [5.41, 5.74) is 0. The van der Waals surface area contributed by atoms with E-state index in [9.17, 15) is 19.5 Å². The van der Waals surface area contributed by atoms with Crippen LogP contribution >= 0.6 is 11.8 Å². The number of aliphatic carboxylic acids is 1. The highest BCUT2D eigenvalue weighted by Gasteiger charge is 2.53. The van der Waals surface area contributed by atoms with E-state index in [0.717, 1.165) is 21.6 Å². The van der Waals surface area contributed by atoms with Gasteiger partial charge in [-0.05, 0) is 19.1 Å². The van der Waals surface area contributed by atoms with E-state index in [1.165, 1.54) is 6.92 Å². The molecule has 1 amide bonds. The molecular formula is C16H19NO5S. The second-order valence-corrected chi connectivity index (χ2v) is 6.72. The van der Waals surface area contributed by atoms with Gasteiger partial charge in [0.05, 0.1) is 18.1 Å². The molecule has 1 saturated heterocycles. The SMILES string of the molecule is CC(C(=O)Sc1ccccc1)[C@@H]1C([C@@H](C)O)C(=O)N1CC(=O)O. The van der Waals surface area contributed by atoms with Crippen LogP contribution in [-0.4, -0.2) is 50.8 Å². The lowest BCUT2D eigenvalue weighted by Gasteiger charge is -2.49. The van der Waals surface area contributed by atoms with E-state index in [0.29, 0.717) is 0 Å². The maximum Gasteiger partial charge on any atom is 0.323 e. The number of benzene rings is 1. The van der Waals surface area contributed by atoms with Gasteiger partial charge in [-0.1, -0.05) is 36.9 Å². The second-order valence-electron chi connectivity index (χ2n) is 5.64. The number of amides is 1. The minimum absolute atomic E-state index is 0.158. The molecule has 1 aromatic carbocycles. The van der Waals surface area contributed by atoms with Crippen LogP contribution in [0.4, 0.5) is 0 Å². The highest BCUT2D eigenvalue weighted by molar-refractivity contribution is 8.13. The molecule has 0 radical (unpaired) electrons. The summed E-state index contributed by atoms with van der Waals surface area (Å²) < 4.78 is 0. The Labute approximate surface area is 138 Å². The number of thioether (sulfide) groups is 1. The van der Waals surface area contributed by atoms with E-state index in [1.54, 1.807) is 6.92 Å². The van der Waals surface area contributed by atoms with Crippen molar-refractivity contribution in [1.82, 2.24) is 4.90 Å². The van der Waals surface area contributed by atoms with Crippen molar-refractivity contribution >= 4 is 28.8 Å². The molecular weight excluding hydrogens is 318 g/mol. The molecule has 1 fully saturated rings.